The molecule has 1 aromatic heterocycles. The molecule has 1 saturated heterocycles. The SMILES string of the molecule is Cc1cc(Br)cc2nc(N3CCCNCC3)n(C)c12. The maximum absolute atomic E-state index is 4.83. The first-order valence-electron chi connectivity index (χ1n) is 6.75. The fourth-order valence-electron chi connectivity index (χ4n) is 2.85. The van der Waals surface area contributed by atoms with Crippen molar-refractivity contribution in [3.8, 4) is 0 Å². The fraction of sp³-hybridized carbons (Fsp3) is 0.500. The van der Waals surface area contributed by atoms with Gasteiger partial charge in [0.2, 0.25) is 5.95 Å². The molecular formula is C14H19BrN4. The van der Waals surface area contributed by atoms with E-state index in [4.69, 9.17) is 4.98 Å². The van der Waals surface area contributed by atoms with E-state index >= 15 is 0 Å². The topological polar surface area (TPSA) is 33.1 Å². The third-order valence-electron chi connectivity index (χ3n) is 3.72. The number of nitrogens with one attached hydrogen (secondary N) is 1. The average molecular weight is 323 g/mol. The molecule has 0 bridgehead atoms. The summed E-state index contributed by atoms with van der Waals surface area (Å²) >= 11 is 3.55. The highest BCUT2D eigenvalue weighted by atomic mass is 79.9. The molecule has 1 aliphatic heterocycles. The second-order valence-corrected chi connectivity index (χ2v) is 6.07. The van der Waals surface area contributed by atoms with Gasteiger partial charge in [-0.1, -0.05) is 15.9 Å². The van der Waals surface area contributed by atoms with Gasteiger partial charge in [-0.05, 0) is 37.6 Å². The lowest BCUT2D eigenvalue weighted by Gasteiger charge is -2.21. The van der Waals surface area contributed by atoms with Crippen LogP contribution >= 0.6 is 15.9 Å². The van der Waals surface area contributed by atoms with Crippen LogP contribution in [0.2, 0.25) is 0 Å². The zero-order valence-electron chi connectivity index (χ0n) is 11.4. The first-order valence-corrected chi connectivity index (χ1v) is 7.54. The van der Waals surface area contributed by atoms with Crippen molar-refractivity contribution in [2.75, 3.05) is 31.1 Å². The number of imidazole rings is 1. The molecule has 3 rings (SSSR count). The van der Waals surface area contributed by atoms with Crippen molar-refractivity contribution in [3.05, 3.63) is 22.2 Å². The number of fused-ring (bicyclic) bond motifs is 1. The molecular weight excluding hydrogens is 304 g/mol. The first kappa shape index (κ1) is 12.9. The van der Waals surface area contributed by atoms with E-state index < -0.39 is 0 Å². The Hall–Kier alpha value is -1.07. The molecule has 0 unspecified atom stereocenters. The Labute approximate surface area is 121 Å². The van der Waals surface area contributed by atoms with Gasteiger partial charge in [0.05, 0.1) is 11.0 Å². The number of nitrogens with zero attached hydrogens (tertiary/aromatic N) is 3. The van der Waals surface area contributed by atoms with Crippen molar-refractivity contribution in [2.24, 2.45) is 7.05 Å². The molecule has 0 spiro atoms. The highest BCUT2D eigenvalue weighted by molar-refractivity contribution is 9.10. The molecule has 0 radical (unpaired) electrons. The number of benzene rings is 1. The van der Waals surface area contributed by atoms with Gasteiger partial charge in [0.15, 0.2) is 0 Å². The summed E-state index contributed by atoms with van der Waals surface area (Å²) in [6, 6.07) is 4.25. The normalized spacial score (nSPS) is 16.9. The Bertz CT molecular complexity index is 597. The summed E-state index contributed by atoms with van der Waals surface area (Å²) < 4.78 is 3.32. The Morgan fingerprint density at radius 2 is 2.11 bits per heavy atom. The van der Waals surface area contributed by atoms with E-state index in [-0.39, 0.29) is 0 Å². The summed E-state index contributed by atoms with van der Waals surface area (Å²) in [5.74, 6) is 1.08. The van der Waals surface area contributed by atoms with Gasteiger partial charge in [0.25, 0.3) is 0 Å². The fourth-order valence-corrected chi connectivity index (χ4v) is 3.41. The smallest absolute Gasteiger partial charge is 0.206 e. The van der Waals surface area contributed by atoms with Gasteiger partial charge in [-0.15, -0.1) is 0 Å². The van der Waals surface area contributed by atoms with Crippen LogP contribution < -0.4 is 10.2 Å². The zero-order chi connectivity index (χ0) is 13.4. The van der Waals surface area contributed by atoms with Crippen LogP contribution in [-0.2, 0) is 7.05 Å². The van der Waals surface area contributed by atoms with Crippen LogP contribution in [0.4, 0.5) is 5.95 Å². The Kier molecular flexibility index (Phi) is 3.50. The number of hydrogen-bond donors (Lipinski definition) is 1. The van der Waals surface area contributed by atoms with E-state index in [1.54, 1.807) is 0 Å². The van der Waals surface area contributed by atoms with Gasteiger partial charge in [-0.25, -0.2) is 4.98 Å². The number of halogens is 1. The summed E-state index contributed by atoms with van der Waals surface area (Å²) in [7, 11) is 2.11. The number of rotatable bonds is 1. The van der Waals surface area contributed by atoms with E-state index in [9.17, 15) is 0 Å². The molecule has 102 valence electrons. The molecule has 0 atom stereocenters. The van der Waals surface area contributed by atoms with Gasteiger partial charge in [-0.2, -0.15) is 0 Å². The summed E-state index contributed by atoms with van der Waals surface area (Å²) in [6.07, 6.45) is 1.17. The van der Waals surface area contributed by atoms with E-state index in [1.807, 2.05) is 0 Å². The van der Waals surface area contributed by atoms with Crippen molar-refractivity contribution in [2.45, 2.75) is 13.3 Å². The summed E-state index contributed by atoms with van der Waals surface area (Å²) in [5, 5.41) is 3.43. The Morgan fingerprint density at radius 1 is 1.26 bits per heavy atom. The molecule has 0 saturated carbocycles. The lowest BCUT2D eigenvalue weighted by Crippen LogP contribution is -2.29. The number of hydrogen-bond acceptors (Lipinski definition) is 3. The van der Waals surface area contributed by atoms with E-state index in [0.29, 0.717) is 0 Å². The molecule has 0 amide bonds. The standard InChI is InChI=1S/C14H19BrN4/c1-10-8-11(15)9-12-13(10)18(2)14(17-12)19-6-3-4-16-5-7-19/h8-9,16H,3-7H2,1-2H3. The highest BCUT2D eigenvalue weighted by Gasteiger charge is 2.17. The largest absolute Gasteiger partial charge is 0.341 e. The van der Waals surface area contributed by atoms with Crippen molar-refractivity contribution in [1.29, 1.82) is 0 Å². The molecule has 1 aromatic carbocycles. The monoisotopic (exact) mass is 322 g/mol. The van der Waals surface area contributed by atoms with Gasteiger partial charge in [0.1, 0.15) is 0 Å². The van der Waals surface area contributed by atoms with E-state index in [1.165, 1.54) is 17.5 Å². The lowest BCUT2D eigenvalue weighted by molar-refractivity contribution is 0.724. The molecule has 1 fully saturated rings. The second kappa shape index (κ2) is 5.13. The van der Waals surface area contributed by atoms with E-state index in [0.717, 1.165) is 42.1 Å². The quantitative estimate of drug-likeness (QED) is 0.875. The first-order chi connectivity index (χ1) is 9.16. The van der Waals surface area contributed by atoms with Gasteiger partial charge in [0, 0.05) is 31.2 Å². The molecule has 1 aliphatic rings. The number of aryl methyl sites for hydroxylation is 2. The predicted octanol–water partition coefficient (Wildman–Crippen LogP) is 2.44. The van der Waals surface area contributed by atoms with Crippen LogP contribution in [0, 0.1) is 6.92 Å². The second-order valence-electron chi connectivity index (χ2n) is 5.15. The van der Waals surface area contributed by atoms with Crippen molar-refractivity contribution >= 4 is 32.9 Å². The zero-order valence-corrected chi connectivity index (χ0v) is 13.0. The molecule has 0 aliphatic carbocycles. The van der Waals surface area contributed by atoms with Crippen LogP contribution in [0.3, 0.4) is 0 Å². The molecule has 19 heavy (non-hydrogen) atoms. The summed E-state index contributed by atoms with van der Waals surface area (Å²) in [4.78, 5) is 7.21. The van der Waals surface area contributed by atoms with Crippen LogP contribution in [0.15, 0.2) is 16.6 Å². The molecule has 1 N–H and O–H groups in total. The third kappa shape index (κ3) is 2.37. The van der Waals surface area contributed by atoms with E-state index in [2.05, 4.69) is 56.8 Å². The average Bonchev–Trinajstić information content (AvgIpc) is 2.56. The molecule has 5 heteroatoms. The van der Waals surface area contributed by atoms with Gasteiger partial charge in [-0.3, -0.25) is 0 Å². The van der Waals surface area contributed by atoms with Gasteiger partial charge >= 0.3 is 0 Å². The van der Waals surface area contributed by atoms with Crippen molar-refractivity contribution in [3.63, 3.8) is 0 Å². The summed E-state index contributed by atoms with van der Waals surface area (Å²) in [5.41, 5.74) is 3.57. The minimum atomic E-state index is 1.03. The predicted molar refractivity (Wildman–Crippen MR) is 82.9 cm³/mol. The van der Waals surface area contributed by atoms with Gasteiger partial charge < -0.3 is 14.8 Å². The minimum absolute atomic E-state index is 1.03. The number of aromatic nitrogens is 2. The Morgan fingerprint density at radius 3 is 2.95 bits per heavy atom. The summed E-state index contributed by atoms with van der Waals surface area (Å²) in [6.45, 7) is 6.38. The molecule has 4 nitrogen and oxygen atoms in total. The maximum atomic E-state index is 4.83. The highest BCUT2D eigenvalue weighted by Crippen LogP contribution is 2.27. The van der Waals surface area contributed by atoms with Crippen LogP contribution in [0.5, 0.6) is 0 Å². The Balaban J connectivity index is 2.08. The van der Waals surface area contributed by atoms with Crippen LogP contribution in [-0.4, -0.2) is 35.7 Å². The van der Waals surface area contributed by atoms with Crippen molar-refractivity contribution in [1.82, 2.24) is 14.9 Å². The van der Waals surface area contributed by atoms with Crippen LogP contribution in [0.25, 0.3) is 11.0 Å². The third-order valence-corrected chi connectivity index (χ3v) is 4.18. The minimum Gasteiger partial charge on any atom is -0.341 e. The maximum Gasteiger partial charge on any atom is 0.206 e. The van der Waals surface area contributed by atoms with Crippen molar-refractivity contribution < 1.29 is 0 Å². The molecule has 2 heterocycles. The van der Waals surface area contributed by atoms with Crippen LogP contribution in [0.1, 0.15) is 12.0 Å². The number of anilines is 1. The molecule has 2 aromatic rings. The lowest BCUT2D eigenvalue weighted by atomic mass is 10.2.